The number of carbonyl (C=O) groups is 2. The van der Waals surface area contributed by atoms with Crippen molar-refractivity contribution in [1.29, 1.82) is 0 Å². The summed E-state index contributed by atoms with van der Waals surface area (Å²) in [7, 11) is 0. The first-order valence-corrected chi connectivity index (χ1v) is 32.1. The van der Waals surface area contributed by atoms with E-state index >= 15 is 0 Å². The van der Waals surface area contributed by atoms with Crippen molar-refractivity contribution in [3.05, 3.63) is 60.8 Å². The summed E-state index contributed by atoms with van der Waals surface area (Å²) in [6.45, 7) is 4.83. The molecule has 73 heavy (non-hydrogen) atoms. The number of amides is 1. The van der Waals surface area contributed by atoms with Crippen molar-refractivity contribution < 1.29 is 24.5 Å². The van der Waals surface area contributed by atoms with Crippen LogP contribution in [0.5, 0.6) is 0 Å². The van der Waals surface area contributed by atoms with Gasteiger partial charge in [-0.3, -0.25) is 9.59 Å². The maximum absolute atomic E-state index is 12.5. The summed E-state index contributed by atoms with van der Waals surface area (Å²) >= 11 is 0. The third-order valence-corrected chi connectivity index (χ3v) is 14.5. The van der Waals surface area contributed by atoms with Crippen molar-refractivity contribution in [2.24, 2.45) is 0 Å². The second-order valence-corrected chi connectivity index (χ2v) is 21.8. The lowest BCUT2D eigenvalue weighted by Gasteiger charge is -2.20. The molecule has 0 saturated heterocycles. The van der Waals surface area contributed by atoms with Gasteiger partial charge in [0.1, 0.15) is 0 Å². The molecule has 0 heterocycles. The highest BCUT2D eigenvalue weighted by Gasteiger charge is 2.18. The van der Waals surface area contributed by atoms with Crippen LogP contribution in [0.3, 0.4) is 0 Å². The van der Waals surface area contributed by atoms with Crippen molar-refractivity contribution >= 4 is 11.9 Å². The molecule has 3 N–H and O–H groups in total. The van der Waals surface area contributed by atoms with E-state index in [1.165, 1.54) is 212 Å². The predicted octanol–water partition coefficient (Wildman–Crippen LogP) is 20.3. The number of hydrogen-bond donors (Lipinski definition) is 3. The van der Waals surface area contributed by atoms with Gasteiger partial charge in [0.15, 0.2) is 0 Å². The SMILES string of the molecule is CCCC/C=C\C/C=C\CCCCCCCC(=O)OCCCCC/C=C\C=C/CCCCCCCCCCCCC(=O)NC(CO)C(O)/C=C/CCCCCCCCCCCCCCCCCCCCCCC. The van der Waals surface area contributed by atoms with E-state index in [1.54, 1.807) is 6.08 Å². The van der Waals surface area contributed by atoms with Crippen molar-refractivity contribution in [1.82, 2.24) is 5.32 Å². The highest BCUT2D eigenvalue weighted by atomic mass is 16.5. The molecule has 426 valence electrons. The first-order chi connectivity index (χ1) is 36.0. The van der Waals surface area contributed by atoms with Crippen molar-refractivity contribution in [2.75, 3.05) is 13.2 Å². The molecule has 6 heteroatoms. The van der Waals surface area contributed by atoms with Crippen molar-refractivity contribution in [2.45, 2.75) is 341 Å². The predicted molar refractivity (Wildman–Crippen MR) is 319 cm³/mol. The zero-order valence-electron chi connectivity index (χ0n) is 48.6. The topological polar surface area (TPSA) is 95.9 Å². The third kappa shape index (κ3) is 58.7. The number of aliphatic hydroxyl groups excluding tert-OH is 2. The van der Waals surface area contributed by atoms with Crippen molar-refractivity contribution in [3.8, 4) is 0 Å². The maximum atomic E-state index is 12.5. The van der Waals surface area contributed by atoms with Gasteiger partial charge in [0.25, 0.3) is 0 Å². The zero-order valence-corrected chi connectivity index (χ0v) is 48.6. The third-order valence-electron chi connectivity index (χ3n) is 14.5. The van der Waals surface area contributed by atoms with E-state index in [2.05, 4.69) is 67.8 Å². The molecule has 2 unspecified atom stereocenters. The van der Waals surface area contributed by atoms with E-state index in [9.17, 15) is 19.8 Å². The smallest absolute Gasteiger partial charge is 0.305 e. The number of aliphatic hydroxyl groups is 2. The van der Waals surface area contributed by atoms with Crippen LogP contribution in [0.15, 0.2) is 60.8 Å². The van der Waals surface area contributed by atoms with Crippen LogP contribution in [0.4, 0.5) is 0 Å². The minimum atomic E-state index is -0.854. The van der Waals surface area contributed by atoms with Crippen LogP contribution < -0.4 is 5.32 Å². The number of ether oxygens (including phenoxy) is 1. The van der Waals surface area contributed by atoms with Gasteiger partial charge in [0.2, 0.25) is 5.91 Å². The van der Waals surface area contributed by atoms with E-state index in [1.807, 2.05) is 6.08 Å². The fraction of sp³-hybridized carbons (Fsp3) is 0.821. The summed E-state index contributed by atoms with van der Waals surface area (Å²) in [5, 5.41) is 23.2. The lowest BCUT2D eigenvalue weighted by Crippen LogP contribution is -2.45. The Morgan fingerprint density at radius 2 is 0.740 bits per heavy atom. The van der Waals surface area contributed by atoms with Crippen LogP contribution in [-0.4, -0.2) is 47.4 Å². The van der Waals surface area contributed by atoms with E-state index < -0.39 is 12.1 Å². The molecule has 0 saturated carbocycles. The number of allylic oxidation sites excluding steroid dienone is 9. The van der Waals surface area contributed by atoms with Crippen LogP contribution in [0.25, 0.3) is 0 Å². The average Bonchev–Trinajstić information content (AvgIpc) is 3.39. The summed E-state index contributed by atoms with van der Waals surface area (Å²) in [4.78, 5) is 24.5. The monoisotopic (exact) mass is 1020 g/mol. The lowest BCUT2D eigenvalue weighted by atomic mass is 10.0. The van der Waals surface area contributed by atoms with E-state index in [-0.39, 0.29) is 18.5 Å². The van der Waals surface area contributed by atoms with Crippen molar-refractivity contribution in [3.63, 3.8) is 0 Å². The Balaban J connectivity index is 3.52. The first-order valence-electron chi connectivity index (χ1n) is 32.1. The number of esters is 1. The molecule has 2 atom stereocenters. The minimum absolute atomic E-state index is 0.0290. The molecule has 0 bridgehead atoms. The van der Waals surface area contributed by atoms with E-state index in [0.29, 0.717) is 19.4 Å². The molecule has 0 radical (unpaired) electrons. The lowest BCUT2D eigenvalue weighted by molar-refractivity contribution is -0.143. The van der Waals surface area contributed by atoms with Crippen LogP contribution >= 0.6 is 0 Å². The van der Waals surface area contributed by atoms with Gasteiger partial charge in [-0.2, -0.15) is 0 Å². The average molecular weight is 1020 g/mol. The van der Waals surface area contributed by atoms with Gasteiger partial charge in [-0.25, -0.2) is 0 Å². The van der Waals surface area contributed by atoms with Gasteiger partial charge in [-0.15, -0.1) is 0 Å². The Bertz CT molecular complexity index is 1270. The Labute approximate surface area is 454 Å². The molecule has 0 fully saturated rings. The number of unbranched alkanes of at least 4 members (excludes halogenated alkanes) is 41. The Morgan fingerprint density at radius 1 is 0.397 bits per heavy atom. The fourth-order valence-electron chi connectivity index (χ4n) is 9.58. The molecule has 0 rings (SSSR count). The summed E-state index contributed by atoms with van der Waals surface area (Å²) in [5.41, 5.74) is 0. The number of hydrogen-bond acceptors (Lipinski definition) is 5. The first kappa shape index (κ1) is 70.6. The molecular formula is C67H123NO5. The second-order valence-electron chi connectivity index (χ2n) is 21.8. The van der Waals surface area contributed by atoms with Crippen LogP contribution in [0, 0.1) is 0 Å². The Hall–Kier alpha value is -2.44. The number of carbonyl (C=O) groups excluding carboxylic acids is 2. The Morgan fingerprint density at radius 3 is 1.16 bits per heavy atom. The summed E-state index contributed by atoms with van der Waals surface area (Å²) in [6.07, 6.45) is 81.2. The largest absolute Gasteiger partial charge is 0.466 e. The molecule has 6 nitrogen and oxygen atoms in total. The van der Waals surface area contributed by atoms with Gasteiger partial charge in [-0.1, -0.05) is 286 Å². The van der Waals surface area contributed by atoms with E-state index in [0.717, 1.165) is 89.9 Å². The van der Waals surface area contributed by atoms with Crippen LogP contribution in [0.1, 0.15) is 328 Å². The zero-order chi connectivity index (χ0) is 52.9. The molecule has 0 aromatic heterocycles. The Kier molecular flexibility index (Phi) is 60.0. The van der Waals surface area contributed by atoms with E-state index in [4.69, 9.17) is 4.74 Å². The quantitative estimate of drug-likeness (QED) is 0.0244. The molecular weight excluding hydrogens is 899 g/mol. The van der Waals surface area contributed by atoms with Gasteiger partial charge < -0.3 is 20.3 Å². The molecule has 0 aliphatic heterocycles. The van der Waals surface area contributed by atoms with Gasteiger partial charge in [0, 0.05) is 12.8 Å². The number of rotatable bonds is 59. The second kappa shape index (κ2) is 62.1. The molecule has 0 aromatic carbocycles. The molecule has 1 amide bonds. The number of nitrogens with one attached hydrogen (secondary N) is 1. The minimum Gasteiger partial charge on any atom is -0.466 e. The summed E-state index contributed by atoms with van der Waals surface area (Å²) < 4.78 is 5.44. The van der Waals surface area contributed by atoms with Gasteiger partial charge in [-0.05, 0) is 89.9 Å². The van der Waals surface area contributed by atoms with Crippen LogP contribution in [-0.2, 0) is 14.3 Å². The standard InChI is InChI=1S/C67H123NO5/c1-3-5-7-9-11-13-15-17-19-20-21-22-23-24-26-29-32-35-39-43-47-51-55-59-65(70)64(63-69)68-66(71)60-56-52-48-44-40-36-33-30-27-25-28-31-34-38-42-46-50-54-58-62-73-67(72)61-57-53-49-45-41-37-18-16-14-12-10-8-6-4-2/h10,12,16,18,31,34,38,42,55,59,64-65,69-70H,3-9,11,13-15,17,19-30,32-33,35-37,39-41,43-54,56-58,60-63H2,1-2H3,(H,68,71)/b12-10-,18-16-,34-31-,42-38-,59-55+. The van der Waals surface area contributed by atoms with Gasteiger partial charge >= 0.3 is 5.97 Å². The van der Waals surface area contributed by atoms with Gasteiger partial charge in [0.05, 0.1) is 25.4 Å². The highest BCUT2D eigenvalue weighted by molar-refractivity contribution is 5.76. The van der Waals surface area contributed by atoms with Crippen LogP contribution in [0.2, 0.25) is 0 Å². The highest BCUT2D eigenvalue weighted by Crippen LogP contribution is 2.17. The fourth-order valence-corrected chi connectivity index (χ4v) is 9.58. The normalized spacial score (nSPS) is 13.0. The molecule has 0 spiro atoms. The molecule has 0 aliphatic carbocycles. The molecule has 0 aromatic rings. The summed E-state index contributed by atoms with van der Waals surface area (Å²) in [6, 6.07) is -0.639. The molecule has 0 aliphatic rings. The maximum Gasteiger partial charge on any atom is 0.305 e. The summed E-state index contributed by atoms with van der Waals surface area (Å²) in [5.74, 6) is -0.105.